The van der Waals surface area contributed by atoms with Crippen molar-refractivity contribution in [3.8, 4) is 17.2 Å². The lowest BCUT2D eigenvalue weighted by Crippen LogP contribution is -2.35. The highest BCUT2D eigenvalue weighted by Gasteiger charge is 2.31. The summed E-state index contributed by atoms with van der Waals surface area (Å²) in [6, 6.07) is 17.1. The number of phenolic OH excluding ortho intramolecular Hbond substituents is 1. The molecule has 30 heavy (non-hydrogen) atoms. The third-order valence-corrected chi connectivity index (χ3v) is 6.02. The summed E-state index contributed by atoms with van der Waals surface area (Å²) in [5.41, 5.74) is 4.22. The maximum Gasteiger partial charge on any atom is 0.161 e. The van der Waals surface area contributed by atoms with Gasteiger partial charge in [0.15, 0.2) is 11.5 Å². The Morgan fingerprint density at radius 1 is 0.967 bits per heavy atom. The van der Waals surface area contributed by atoms with Crippen LogP contribution in [0.3, 0.4) is 0 Å². The van der Waals surface area contributed by atoms with E-state index < -0.39 is 0 Å². The number of aromatic hydroxyl groups is 1. The summed E-state index contributed by atoms with van der Waals surface area (Å²) >= 11 is 12.5. The molecule has 1 heterocycles. The molecule has 0 bridgehead atoms. The van der Waals surface area contributed by atoms with Crippen LogP contribution < -0.4 is 9.47 Å². The Morgan fingerprint density at radius 3 is 2.43 bits per heavy atom. The van der Waals surface area contributed by atoms with E-state index >= 15 is 0 Å². The topological polar surface area (TPSA) is 41.9 Å². The first-order chi connectivity index (χ1) is 14.5. The molecule has 0 aromatic heterocycles. The Bertz CT molecular complexity index is 1070. The predicted octanol–water partition coefficient (Wildman–Crippen LogP) is 5.86. The number of phenols is 1. The predicted molar refractivity (Wildman–Crippen MR) is 120 cm³/mol. The summed E-state index contributed by atoms with van der Waals surface area (Å²) in [6.45, 7) is 1.36. The molecule has 1 N–H and O–H groups in total. The number of benzene rings is 3. The molecule has 0 aliphatic carbocycles. The Balaban J connectivity index is 1.82. The molecule has 4 rings (SSSR count). The van der Waals surface area contributed by atoms with Gasteiger partial charge in [0, 0.05) is 28.7 Å². The number of ether oxygens (including phenoxy) is 2. The van der Waals surface area contributed by atoms with Gasteiger partial charge in [-0.25, -0.2) is 0 Å². The summed E-state index contributed by atoms with van der Waals surface area (Å²) < 4.78 is 11.1. The largest absolute Gasteiger partial charge is 0.508 e. The molecule has 1 atom stereocenters. The molecule has 3 aromatic rings. The van der Waals surface area contributed by atoms with Gasteiger partial charge in [-0.3, -0.25) is 4.90 Å². The fourth-order valence-corrected chi connectivity index (χ4v) is 4.53. The van der Waals surface area contributed by atoms with Crippen molar-refractivity contribution in [3.63, 3.8) is 0 Å². The molecule has 1 aliphatic heterocycles. The standard InChI is InChI=1S/C24H23Cl2NO3/c1-29-22-12-15-8-9-27(14-17-11-19(26)6-7-21(17)28)24(20(15)13-23(22)30-2)16-4-3-5-18(25)10-16/h3-7,10-13,24,28H,8-9,14H2,1-2H3/t24-/m0/s1. The van der Waals surface area contributed by atoms with Crippen LogP contribution in [0.25, 0.3) is 0 Å². The molecule has 0 saturated heterocycles. The lowest BCUT2D eigenvalue weighted by Gasteiger charge is -2.38. The van der Waals surface area contributed by atoms with Gasteiger partial charge in [-0.2, -0.15) is 0 Å². The average Bonchev–Trinajstić information content (AvgIpc) is 2.75. The van der Waals surface area contributed by atoms with Crippen LogP contribution in [0.2, 0.25) is 10.0 Å². The molecule has 0 fully saturated rings. The zero-order chi connectivity index (χ0) is 21.3. The lowest BCUT2D eigenvalue weighted by molar-refractivity contribution is 0.201. The van der Waals surface area contributed by atoms with Crippen LogP contribution in [-0.2, 0) is 13.0 Å². The highest BCUT2D eigenvalue weighted by atomic mass is 35.5. The van der Waals surface area contributed by atoms with E-state index in [1.54, 1.807) is 26.4 Å². The van der Waals surface area contributed by atoms with Crippen molar-refractivity contribution in [2.75, 3.05) is 20.8 Å². The molecule has 156 valence electrons. The van der Waals surface area contributed by atoms with Gasteiger partial charge < -0.3 is 14.6 Å². The minimum atomic E-state index is -0.0503. The maximum absolute atomic E-state index is 10.4. The van der Waals surface area contributed by atoms with Crippen LogP contribution >= 0.6 is 23.2 Å². The summed E-state index contributed by atoms with van der Waals surface area (Å²) in [4.78, 5) is 2.32. The molecule has 6 heteroatoms. The van der Waals surface area contributed by atoms with E-state index in [1.807, 2.05) is 30.3 Å². The van der Waals surface area contributed by atoms with Gasteiger partial charge in [0.2, 0.25) is 0 Å². The second kappa shape index (κ2) is 8.76. The third-order valence-electron chi connectivity index (χ3n) is 5.55. The normalized spacial score (nSPS) is 16.2. The molecule has 0 radical (unpaired) electrons. The second-order valence-corrected chi connectivity index (χ2v) is 8.23. The second-order valence-electron chi connectivity index (χ2n) is 7.36. The number of hydrogen-bond acceptors (Lipinski definition) is 4. The van der Waals surface area contributed by atoms with Crippen molar-refractivity contribution < 1.29 is 14.6 Å². The molecular formula is C24H23Cl2NO3. The van der Waals surface area contributed by atoms with Gasteiger partial charge in [0.25, 0.3) is 0 Å². The quantitative estimate of drug-likeness (QED) is 0.535. The Hall–Kier alpha value is -2.40. The van der Waals surface area contributed by atoms with Crippen molar-refractivity contribution in [1.82, 2.24) is 4.90 Å². The van der Waals surface area contributed by atoms with Crippen LogP contribution in [0.5, 0.6) is 17.2 Å². The zero-order valence-corrected chi connectivity index (χ0v) is 18.4. The molecule has 4 nitrogen and oxygen atoms in total. The van der Waals surface area contributed by atoms with E-state index in [0.717, 1.165) is 35.4 Å². The number of rotatable bonds is 5. The Morgan fingerprint density at radius 2 is 1.70 bits per heavy atom. The van der Waals surface area contributed by atoms with E-state index in [9.17, 15) is 5.11 Å². The molecule has 0 saturated carbocycles. The minimum absolute atomic E-state index is 0.0503. The summed E-state index contributed by atoms with van der Waals surface area (Å²) in [5, 5.41) is 11.7. The number of hydrogen-bond donors (Lipinski definition) is 1. The van der Waals surface area contributed by atoms with E-state index in [1.165, 1.54) is 5.56 Å². The number of methoxy groups -OCH3 is 2. The summed E-state index contributed by atoms with van der Waals surface area (Å²) in [7, 11) is 3.29. The van der Waals surface area contributed by atoms with E-state index in [-0.39, 0.29) is 11.8 Å². The van der Waals surface area contributed by atoms with Crippen LogP contribution in [0.15, 0.2) is 54.6 Å². The third kappa shape index (κ3) is 4.08. The molecular weight excluding hydrogens is 421 g/mol. The van der Waals surface area contributed by atoms with E-state index in [4.69, 9.17) is 32.7 Å². The zero-order valence-electron chi connectivity index (χ0n) is 16.9. The molecule has 3 aromatic carbocycles. The van der Waals surface area contributed by atoms with Crippen molar-refractivity contribution in [2.45, 2.75) is 19.0 Å². The van der Waals surface area contributed by atoms with Gasteiger partial charge in [0.05, 0.1) is 20.3 Å². The smallest absolute Gasteiger partial charge is 0.161 e. The van der Waals surface area contributed by atoms with Crippen LogP contribution in [0.4, 0.5) is 0 Å². The molecule has 0 spiro atoms. The van der Waals surface area contributed by atoms with Crippen molar-refractivity contribution in [3.05, 3.63) is 86.9 Å². The highest BCUT2D eigenvalue weighted by Crippen LogP contribution is 2.42. The Labute approximate surface area is 186 Å². The number of fused-ring (bicyclic) bond motifs is 1. The fraction of sp³-hybridized carbons (Fsp3) is 0.250. The molecule has 0 amide bonds. The van der Waals surface area contributed by atoms with Crippen molar-refractivity contribution in [1.29, 1.82) is 0 Å². The molecule has 1 aliphatic rings. The Kier molecular flexibility index (Phi) is 6.09. The summed E-state index contributed by atoms with van der Waals surface area (Å²) in [6.07, 6.45) is 0.855. The van der Waals surface area contributed by atoms with E-state index in [2.05, 4.69) is 17.0 Å². The minimum Gasteiger partial charge on any atom is -0.508 e. The lowest BCUT2D eigenvalue weighted by atomic mass is 9.87. The summed E-state index contributed by atoms with van der Waals surface area (Å²) in [5.74, 6) is 1.65. The fourth-order valence-electron chi connectivity index (χ4n) is 4.13. The highest BCUT2D eigenvalue weighted by molar-refractivity contribution is 6.30. The van der Waals surface area contributed by atoms with Crippen molar-refractivity contribution >= 4 is 23.2 Å². The first-order valence-electron chi connectivity index (χ1n) is 9.72. The number of nitrogens with zero attached hydrogens (tertiary/aromatic N) is 1. The van der Waals surface area contributed by atoms with Gasteiger partial charge >= 0.3 is 0 Å². The van der Waals surface area contributed by atoms with Crippen molar-refractivity contribution in [2.24, 2.45) is 0 Å². The van der Waals surface area contributed by atoms with Gasteiger partial charge in [-0.05, 0) is 65.6 Å². The van der Waals surface area contributed by atoms with Crippen LogP contribution in [0.1, 0.15) is 28.3 Å². The number of halogens is 2. The monoisotopic (exact) mass is 443 g/mol. The van der Waals surface area contributed by atoms with Crippen LogP contribution in [-0.4, -0.2) is 30.8 Å². The maximum atomic E-state index is 10.4. The average molecular weight is 444 g/mol. The van der Waals surface area contributed by atoms with Gasteiger partial charge in [0.1, 0.15) is 5.75 Å². The van der Waals surface area contributed by atoms with Gasteiger partial charge in [-0.15, -0.1) is 0 Å². The molecule has 0 unspecified atom stereocenters. The first kappa shape index (κ1) is 20.9. The van der Waals surface area contributed by atoms with Crippen LogP contribution in [0, 0.1) is 0 Å². The SMILES string of the molecule is COc1cc2c(cc1OC)[C@H](c1cccc(Cl)c1)N(Cc1cc(Cl)ccc1O)CC2. The van der Waals surface area contributed by atoms with Gasteiger partial charge in [-0.1, -0.05) is 35.3 Å². The first-order valence-corrected chi connectivity index (χ1v) is 10.5. The van der Waals surface area contributed by atoms with E-state index in [0.29, 0.717) is 22.3 Å².